The topological polar surface area (TPSA) is 34.1 Å². The molecule has 0 aliphatic rings. The summed E-state index contributed by atoms with van der Waals surface area (Å²) >= 11 is 0. The molecule has 5 rings (SSSR count). The summed E-state index contributed by atoms with van der Waals surface area (Å²) in [5.41, 5.74) is 5.12. The Morgan fingerprint density at radius 2 is 0.706 bits per heavy atom. The maximum atomic E-state index is 11.5. The van der Waals surface area contributed by atoms with Crippen molar-refractivity contribution in [3.63, 3.8) is 0 Å². The fourth-order valence-corrected chi connectivity index (χ4v) is 4.22. The van der Waals surface area contributed by atoms with Crippen molar-refractivity contribution in [3.05, 3.63) is 130 Å². The number of fused-ring (bicyclic) bond motifs is 2. The second kappa shape index (κ2) is 9.51. The molecule has 2 heteroatoms. The van der Waals surface area contributed by atoms with E-state index in [1.165, 1.54) is 10.8 Å². The molecule has 5 aromatic rings. The average Bonchev–Trinajstić information content (AvgIpc) is 2.89. The Bertz CT molecular complexity index is 1470. The van der Waals surface area contributed by atoms with Gasteiger partial charge in [-0.15, -0.1) is 0 Å². The number of hydrogen-bond donors (Lipinski definition) is 0. The average molecular weight is 439 g/mol. The van der Waals surface area contributed by atoms with Crippen LogP contribution in [0.1, 0.15) is 43.0 Å². The monoisotopic (exact) mass is 438 g/mol. The minimum absolute atomic E-state index is 0.655. The summed E-state index contributed by atoms with van der Waals surface area (Å²) < 4.78 is 0. The van der Waals surface area contributed by atoms with Crippen LogP contribution in [0.2, 0.25) is 0 Å². The molecule has 0 saturated heterocycles. The normalized spacial score (nSPS) is 11.5. The molecule has 0 fully saturated rings. The number of rotatable bonds is 6. The van der Waals surface area contributed by atoms with Crippen molar-refractivity contribution in [2.24, 2.45) is 0 Å². The van der Waals surface area contributed by atoms with Crippen molar-refractivity contribution < 1.29 is 9.59 Å². The van der Waals surface area contributed by atoms with Crippen LogP contribution in [-0.4, -0.2) is 12.6 Å². The van der Waals surface area contributed by atoms with E-state index in [2.05, 4.69) is 36.4 Å². The molecule has 0 radical (unpaired) electrons. The number of carbonyl (C=O) groups excluding carboxylic acids is 2. The van der Waals surface area contributed by atoms with Crippen molar-refractivity contribution in [2.45, 2.75) is 0 Å². The van der Waals surface area contributed by atoms with E-state index >= 15 is 0 Å². The number of carbonyl (C=O) groups is 2. The lowest BCUT2D eigenvalue weighted by molar-refractivity contribution is 0.111. The Kier molecular flexibility index (Phi) is 5.96. The second-order valence-corrected chi connectivity index (χ2v) is 8.19. The zero-order valence-corrected chi connectivity index (χ0v) is 18.5. The van der Waals surface area contributed by atoms with Crippen molar-refractivity contribution >= 4 is 58.4 Å². The summed E-state index contributed by atoms with van der Waals surface area (Å²) in [6.07, 6.45) is 9.79. The number of benzene rings is 5. The molecule has 0 heterocycles. The number of hydrogen-bond acceptors (Lipinski definition) is 2. The van der Waals surface area contributed by atoms with Crippen molar-refractivity contribution in [1.29, 1.82) is 0 Å². The summed E-state index contributed by atoms with van der Waals surface area (Å²) in [6, 6.07) is 32.2. The maximum Gasteiger partial charge on any atom is 0.150 e. The Hall–Kier alpha value is -4.56. The molecule has 0 saturated carbocycles. The molecule has 0 N–H and O–H groups in total. The van der Waals surface area contributed by atoms with Crippen molar-refractivity contribution in [2.75, 3.05) is 0 Å². The molecule has 0 aromatic heterocycles. The molecule has 2 nitrogen and oxygen atoms in total. The van der Waals surface area contributed by atoms with Gasteiger partial charge >= 0.3 is 0 Å². The van der Waals surface area contributed by atoms with Gasteiger partial charge in [0.1, 0.15) is 0 Å². The van der Waals surface area contributed by atoms with E-state index in [0.717, 1.165) is 45.6 Å². The molecule has 0 amide bonds. The quantitative estimate of drug-likeness (QED) is 0.153. The SMILES string of the molecule is O=Cc1ccccc1/C=C/c1cc2cc3ccccc3cc2cc1/C=C/c1ccccc1C=O. The highest BCUT2D eigenvalue weighted by atomic mass is 16.1. The van der Waals surface area contributed by atoms with Crippen molar-refractivity contribution in [3.8, 4) is 0 Å². The Labute approximate surface area is 198 Å². The highest BCUT2D eigenvalue weighted by molar-refractivity contribution is 6.01. The van der Waals surface area contributed by atoms with Crippen LogP contribution in [0.15, 0.2) is 97.1 Å². The third kappa shape index (κ3) is 4.35. The summed E-state index contributed by atoms with van der Waals surface area (Å²) in [7, 11) is 0. The van der Waals surface area contributed by atoms with E-state index < -0.39 is 0 Å². The zero-order chi connectivity index (χ0) is 23.3. The molecule has 0 spiro atoms. The Balaban J connectivity index is 1.66. The minimum Gasteiger partial charge on any atom is -0.298 e. The molecule has 0 atom stereocenters. The lowest BCUT2D eigenvalue weighted by Gasteiger charge is -2.08. The van der Waals surface area contributed by atoms with Gasteiger partial charge in [-0.25, -0.2) is 0 Å². The van der Waals surface area contributed by atoms with Gasteiger partial charge in [-0.1, -0.05) is 97.1 Å². The van der Waals surface area contributed by atoms with E-state index in [1.54, 1.807) is 0 Å². The van der Waals surface area contributed by atoms with Crippen LogP contribution in [0.4, 0.5) is 0 Å². The van der Waals surface area contributed by atoms with Gasteiger partial charge in [0.05, 0.1) is 0 Å². The van der Waals surface area contributed by atoms with Crippen LogP contribution < -0.4 is 0 Å². The largest absolute Gasteiger partial charge is 0.298 e. The highest BCUT2D eigenvalue weighted by Crippen LogP contribution is 2.28. The van der Waals surface area contributed by atoms with Crippen LogP contribution in [0.25, 0.3) is 45.8 Å². The molecule has 0 bridgehead atoms. The van der Waals surface area contributed by atoms with Crippen LogP contribution in [0, 0.1) is 0 Å². The fraction of sp³-hybridized carbons (Fsp3) is 0. The lowest BCUT2D eigenvalue weighted by Crippen LogP contribution is -1.87. The standard InChI is InChI=1S/C32H22O2/c33-21-29-11-5-1-7-23(29)13-15-27-19-31-17-25-9-3-4-10-26(25)18-32(31)20-28(27)16-14-24-8-2-6-12-30(24)22-34/h1-22H/b15-13+,16-14+. The van der Waals surface area contributed by atoms with Crippen LogP contribution in [-0.2, 0) is 0 Å². The lowest BCUT2D eigenvalue weighted by atomic mass is 9.96. The molecule has 0 aliphatic carbocycles. The number of aldehydes is 2. The summed E-state index contributed by atoms with van der Waals surface area (Å²) in [4.78, 5) is 22.9. The highest BCUT2D eigenvalue weighted by Gasteiger charge is 2.05. The second-order valence-electron chi connectivity index (χ2n) is 8.19. The van der Waals surface area contributed by atoms with Crippen LogP contribution >= 0.6 is 0 Å². The first-order valence-corrected chi connectivity index (χ1v) is 11.2. The fourth-order valence-electron chi connectivity index (χ4n) is 4.22. The van der Waals surface area contributed by atoms with E-state index in [-0.39, 0.29) is 0 Å². The molecular weight excluding hydrogens is 416 g/mol. The maximum absolute atomic E-state index is 11.5. The predicted molar refractivity (Wildman–Crippen MR) is 143 cm³/mol. The molecule has 0 aliphatic heterocycles. The molecular formula is C32H22O2. The van der Waals surface area contributed by atoms with E-state index in [4.69, 9.17) is 0 Å². The van der Waals surface area contributed by atoms with E-state index in [1.807, 2.05) is 85.0 Å². The van der Waals surface area contributed by atoms with Gasteiger partial charge in [0.15, 0.2) is 12.6 Å². The van der Waals surface area contributed by atoms with Crippen LogP contribution in [0.3, 0.4) is 0 Å². The summed E-state index contributed by atoms with van der Waals surface area (Å²) in [6.45, 7) is 0. The van der Waals surface area contributed by atoms with Gasteiger partial charge in [0.25, 0.3) is 0 Å². The van der Waals surface area contributed by atoms with Crippen LogP contribution in [0.5, 0.6) is 0 Å². The Morgan fingerprint density at radius 1 is 0.353 bits per heavy atom. The van der Waals surface area contributed by atoms with Gasteiger partial charge in [-0.2, -0.15) is 0 Å². The van der Waals surface area contributed by atoms with Crippen molar-refractivity contribution in [1.82, 2.24) is 0 Å². The molecule has 0 unspecified atom stereocenters. The Morgan fingerprint density at radius 3 is 1.12 bits per heavy atom. The summed E-state index contributed by atoms with van der Waals surface area (Å²) in [5, 5.41) is 4.68. The zero-order valence-electron chi connectivity index (χ0n) is 18.5. The first-order valence-electron chi connectivity index (χ1n) is 11.2. The first-order chi connectivity index (χ1) is 16.7. The molecule has 162 valence electrons. The van der Waals surface area contributed by atoms with Gasteiger partial charge in [-0.3, -0.25) is 9.59 Å². The van der Waals surface area contributed by atoms with Gasteiger partial charge in [0, 0.05) is 11.1 Å². The van der Waals surface area contributed by atoms with Gasteiger partial charge < -0.3 is 0 Å². The smallest absolute Gasteiger partial charge is 0.150 e. The van der Waals surface area contributed by atoms with Gasteiger partial charge in [-0.05, 0) is 68.1 Å². The predicted octanol–water partition coefficient (Wildman–Crippen LogP) is 7.96. The molecule has 34 heavy (non-hydrogen) atoms. The van der Waals surface area contributed by atoms with Gasteiger partial charge in [0.2, 0.25) is 0 Å². The summed E-state index contributed by atoms with van der Waals surface area (Å²) in [5.74, 6) is 0. The minimum atomic E-state index is 0.655. The third-order valence-corrected chi connectivity index (χ3v) is 6.04. The third-order valence-electron chi connectivity index (χ3n) is 6.04. The van der Waals surface area contributed by atoms with E-state index in [9.17, 15) is 9.59 Å². The first kappa shape index (κ1) is 21.3. The van der Waals surface area contributed by atoms with E-state index in [0.29, 0.717) is 11.1 Å². The molecule has 5 aromatic carbocycles.